The van der Waals surface area contributed by atoms with Crippen LogP contribution in [-0.2, 0) is 9.47 Å². The van der Waals surface area contributed by atoms with E-state index < -0.39 is 0 Å². The lowest BCUT2D eigenvalue weighted by molar-refractivity contribution is 0.0697. The Morgan fingerprint density at radius 3 is 1.39 bits per heavy atom. The monoisotopic (exact) mass is 264 g/mol. The highest BCUT2D eigenvalue weighted by atomic mass is 16.5. The van der Waals surface area contributed by atoms with Gasteiger partial charge in [-0.1, -0.05) is 0 Å². The number of nitrogens with zero attached hydrogens (tertiary/aromatic N) is 2. The van der Waals surface area contributed by atoms with Crippen LogP contribution in [-0.4, -0.2) is 99.9 Å². The quantitative estimate of drug-likeness (QED) is 0.410. The average molecular weight is 264 g/mol. The SMILES string of the molecule is CN(CCOCCO)CCN(C)CCOCCO. The van der Waals surface area contributed by atoms with Gasteiger partial charge in [0.2, 0.25) is 0 Å². The molecule has 0 aromatic carbocycles. The molecular formula is C12H28N2O4. The summed E-state index contributed by atoms with van der Waals surface area (Å²) in [4.78, 5) is 4.39. The summed E-state index contributed by atoms with van der Waals surface area (Å²) in [6.45, 7) is 5.98. The zero-order valence-corrected chi connectivity index (χ0v) is 11.7. The predicted octanol–water partition coefficient (Wildman–Crippen LogP) is -1.13. The molecule has 110 valence electrons. The van der Waals surface area contributed by atoms with Crippen molar-refractivity contribution in [3.8, 4) is 0 Å². The second-order valence-electron chi connectivity index (χ2n) is 4.28. The van der Waals surface area contributed by atoms with Gasteiger partial charge in [0.25, 0.3) is 0 Å². The third-order valence-electron chi connectivity index (χ3n) is 2.57. The maximum absolute atomic E-state index is 8.56. The Morgan fingerprint density at radius 1 is 0.667 bits per heavy atom. The molecule has 0 bridgehead atoms. The van der Waals surface area contributed by atoms with Crippen LogP contribution in [0, 0.1) is 0 Å². The van der Waals surface area contributed by atoms with E-state index in [1.165, 1.54) is 0 Å². The van der Waals surface area contributed by atoms with E-state index in [-0.39, 0.29) is 13.2 Å². The van der Waals surface area contributed by atoms with Gasteiger partial charge in [0, 0.05) is 26.2 Å². The van der Waals surface area contributed by atoms with Gasteiger partial charge in [-0.15, -0.1) is 0 Å². The van der Waals surface area contributed by atoms with Crippen LogP contribution in [0.15, 0.2) is 0 Å². The molecule has 0 aliphatic heterocycles. The van der Waals surface area contributed by atoms with Gasteiger partial charge in [-0.05, 0) is 14.1 Å². The molecule has 0 amide bonds. The minimum atomic E-state index is 0.0836. The van der Waals surface area contributed by atoms with E-state index in [4.69, 9.17) is 19.7 Å². The van der Waals surface area contributed by atoms with Crippen molar-refractivity contribution in [2.45, 2.75) is 0 Å². The minimum absolute atomic E-state index is 0.0836. The lowest BCUT2D eigenvalue weighted by atomic mass is 10.4. The number of likely N-dealkylation sites (N-methyl/N-ethyl adjacent to an activating group) is 2. The molecule has 0 fully saturated rings. The molecule has 18 heavy (non-hydrogen) atoms. The van der Waals surface area contributed by atoms with Crippen LogP contribution in [0.4, 0.5) is 0 Å². The molecule has 0 heterocycles. The summed E-state index contributed by atoms with van der Waals surface area (Å²) in [5, 5.41) is 17.1. The highest BCUT2D eigenvalue weighted by Crippen LogP contribution is 1.88. The molecule has 0 rings (SSSR count). The van der Waals surface area contributed by atoms with E-state index in [1.54, 1.807) is 0 Å². The number of rotatable bonds is 13. The molecule has 6 heteroatoms. The number of ether oxygens (including phenoxy) is 2. The molecule has 0 aromatic rings. The summed E-state index contributed by atoms with van der Waals surface area (Å²) in [7, 11) is 4.11. The van der Waals surface area contributed by atoms with Crippen molar-refractivity contribution in [1.82, 2.24) is 9.80 Å². The molecule has 2 N–H and O–H groups in total. The van der Waals surface area contributed by atoms with Crippen LogP contribution in [0.5, 0.6) is 0 Å². The fraction of sp³-hybridized carbons (Fsp3) is 1.00. The Hall–Kier alpha value is -0.240. The van der Waals surface area contributed by atoms with Crippen LogP contribution in [0.1, 0.15) is 0 Å². The Labute approximate surface area is 110 Å². The molecule has 0 aromatic heterocycles. The van der Waals surface area contributed by atoms with Crippen LogP contribution < -0.4 is 0 Å². The lowest BCUT2D eigenvalue weighted by Gasteiger charge is -2.21. The summed E-state index contributed by atoms with van der Waals surface area (Å²) in [5.41, 5.74) is 0. The Balaban J connectivity index is 3.32. The maximum atomic E-state index is 8.56. The number of hydrogen-bond acceptors (Lipinski definition) is 6. The Kier molecular flexibility index (Phi) is 13.0. The summed E-state index contributed by atoms with van der Waals surface area (Å²) < 4.78 is 10.4. The molecule has 0 atom stereocenters. The van der Waals surface area contributed by atoms with E-state index in [0.717, 1.165) is 26.2 Å². The van der Waals surface area contributed by atoms with Crippen LogP contribution in [0.3, 0.4) is 0 Å². The van der Waals surface area contributed by atoms with Gasteiger partial charge in [0.1, 0.15) is 0 Å². The van der Waals surface area contributed by atoms with Gasteiger partial charge in [0.15, 0.2) is 0 Å². The van der Waals surface area contributed by atoms with E-state index >= 15 is 0 Å². The topological polar surface area (TPSA) is 65.4 Å². The zero-order chi connectivity index (χ0) is 13.6. The maximum Gasteiger partial charge on any atom is 0.0698 e. The highest BCUT2D eigenvalue weighted by molar-refractivity contribution is 4.56. The van der Waals surface area contributed by atoms with Crippen molar-refractivity contribution in [1.29, 1.82) is 0 Å². The van der Waals surface area contributed by atoms with Gasteiger partial charge in [0.05, 0.1) is 39.6 Å². The molecular weight excluding hydrogens is 236 g/mol. The largest absolute Gasteiger partial charge is 0.394 e. The van der Waals surface area contributed by atoms with Crippen molar-refractivity contribution in [2.75, 3.05) is 79.9 Å². The first-order chi connectivity index (χ1) is 8.70. The lowest BCUT2D eigenvalue weighted by Crippen LogP contribution is -2.34. The van der Waals surface area contributed by atoms with Crippen molar-refractivity contribution in [3.63, 3.8) is 0 Å². The number of aliphatic hydroxyl groups excluding tert-OH is 2. The van der Waals surface area contributed by atoms with Crippen molar-refractivity contribution in [2.24, 2.45) is 0 Å². The molecule has 0 spiro atoms. The number of aliphatic hydroxyl groups is 2. The van der Waals surface area contributed by atoms with Crippen molar-refractivity contribution >= 4 is 0 Å². The van der Waals surface area contributed by atoms with Gasteiger partial charge >= 0.3 is 0 Å². The van der Waals surface area contributed by atoms with Gasteiger partial charge in [-0.3, -0.25) is 0 Å². The predicted molar refractivity (Wildman–Crippen MR) is 70.8 cm³/mol. The van der Waals surface area contributed by atoms with Crippen LogP contribution in [0.2, 0.25) is 0 Å². The first-order valence-electron chi connectivity index (χ1n) is 6.45. The second-order valence-corrected chi connectivity index (χ2v) is 4.28. The van der Waals surface area contributed by atoms with Gasteiger partial charge < -0.3 is 29.5 Å². The van der Waals surface area contributed by atoms with Gasteiger partial charge in [-0.2, -0.15) is 0 Å². The van der Waals surface area contributed by atoms with Crippen molar-refractivity contribution in [3.05, 3.63) is 0 Å². The molecule has 0 radical (unpaired) electrons. The highest BCUT2D eigenvalue weighted by Gasteiger charge is 2.02. The second kappa shape index (κ2) is 13.2. The standard InChI is InChI=1S/C12H28N2O4/c1-13(5-9-17-11-7-15)3-4-14(2)6-10-18-12-8-16/h15-16H,3-12H2,1-2H3. The first kappa shape index (κ1) is 17.8. The van der Waals surface area contributed by atoms with E-state index in [9.17, 15) is 0 Å². The third-order valence-corrected chi connectivity index (χ3v) is 2.57. The summed E-state index contributed by atoms with van der Waals surface area (Å²) >= 11 is 0. The summed E-state index contributed by atoms with van der Waals surface area (Å²) in [5.74, 6) is 0. The molecule has 0 aliphatic carbocycles. The fourth-order valence-electron chi connectivity index (χ4n) is 1.34. The Bertz CT molecular complexity index is 154. The third kappa shape index (κ3) is 12.2. The molecule has 0 saturated heterocycles. The molecule has 0 saturated carbocycles. The summed E-state index contributed by atoms with van der Waals surface area (Å²) in [6.07, 6.45) is 0. The van der Waals surface area contributed by atoms with Gasteiger partial charge in [-0.25, -0.2) is 0 Å². The van der Waals surface area contributed by atoms with E-state index in [1.807, 2.05) is 0 Å². The average Bonchev–Trinajstić information content (AvgIpc) is 2.37. The zero-order valence-electron chi connectivity index (χ0n) is 11.7. The molecule has 0 aliphatic rings. The normalized spacial score (nSPS) is 11.7. The summed E-state index contributed by atoms with van der Waals surface area (Å²) in [6, 6.07) is 0. The fourth-order valence-corrected chi connectivity index (χ4v) is 1.34. The molecule has 0 unspecified atom stereocenters. The van der Waals surface area contributed by atoms with E-state index in [0.29, 0.717) is 26.4 Å². The van der Waals surface area contributed by atoms with Crippen LogP contribution >= 0.6 is 0 Å². The van der Waals surface area contributed by atoms with E-state index in [2.05, 4.69) is 23.9 Å². The Morgan fingerprint density at radius 2 is 1.06 bits per heavy atom. The minimum Gasteiger partial charge on any atom is -0.394 e. The molecule has 6 nitrogen and oxygen atoms in total. The van der Waals surface area contributed by atoms with Crippen LogP contribution in [0.25, 0.3) is 0 Å². The smallest absolute Gasteiger partial charge is 0.0698 e. The first-order valence-corrected chi connectivity index (χ1v) is 6.45. The number of hydrogen-bond donors (Lipinski definition) is 2. The van der Waals surface area contributed by atoms with Crippen molar-refractivity contribution < 1.29 is 19.7 Å².